The minimum Gasteiger partial charge on any atom is -0.497 e. The van der Waals surface area contributed by atoms with Crippen molar-refractivity contribution in [2.24, 2.45) is 7.05 Å². The zero-order valence-corrected chi connectivity index (χ0v) is 20.5. The van der Waals surface area contributed by atoms with Gasteiger partial charge in [0.1, 0.15) is 27.5 Å². The summed E-state index contributed by atoms with van der Waals surface area (Å²) in [5, 5.41) is 3.86. The summed E-state index contributed by atoms with van der Waals surface area (Å²) in [5.41, 5.74) is 2.40. The van der Waals surface area contributed by atoms with E-state index >= 15 is 0 Å². The second-order valence-electron chi connectivity index (χ2n) is 7.58. The van der Waals surface area contributed by atoms with Crippen LogP contribution in [0, 0.1) is 6.92 Å². The highest BCUT2D eigenvalue weighted by atomic mass is 32.1. The number of thiazole rings is 1. The zero-order chi connectivity index (χ0) is 24.2. The number of hydrogen-bond donors (Lipinski definition) is 1. The molecule has 1 amide bonds. The standard InChI is InChI=1S/C25H26N4O4S/c1-15-22(34-25(27-15)17-8-11-19(32-4)20(14-17)33-5)24(30)28-21(23-26-12-13-29(23)2)16-6-9-18(31-3)10-7-16/h6-14,21H,1-5H3,(H,28,30). The largest absolute Gasteiger partial charge is 0.497 e. The molecule has 1 atom stereocenters. The van der Waals surface area contributed by atoms with E-state index in [9.17, 15) is 4.79 Å². The van der Waals surface area contributed by atoms with Gasteiger partial charge < -0.3 is 24.1 Å². The van der Waals surface area contributed by atoms with Gasteiger partial charge in [-0.2, -0.15) is 0 Å². The molecule has 0 bridgehead atoms. The lowest BCUT2D eigenvalue weighted by atomic mass is 10.1. The van der Waals surface area contributed by atoms with Crippen LogP contribution in [0.2, 0.25) is 0 Å². The Labute approximate surface area is 202 Å². The molecule has 0 spiro atoms. The van der Waals surface area contributed by atoms with E-state index in [1.165, 1.54) is 11.3 Å². The number of nitrogens with one attached hydrogen (secondary N) is 1. The Morgan fingerprint density at radius 2 is 1.76 bits per heavy atom. The van der Waals surface area contributed by atoms with Crippen molar-refractivity contribution >= 4 is 17.2 Å². The van der Waals surface area contributed by atoms with Crippen LogP contribution >= 0.6 is 11.3 Å². The third-order valence-electron chi connectivity index (χ3n) is 5.47. The number of aromatic nitrogens is 3. The van der Waals surface area contributed by atoms with Gasteiger partial charge in [-0.1, -0.05) is 12.1 Å². The molecule has 0 saturated heterocycles. The van der Waals surface area contributed by atoms with E-state index < -0.39 is 6.04 Å². The van der Waals surface area contributed by atoms with Crippen LogP contribution in [-0.4, -0.2) is 41.8 Å². The van der Waals surface area contributed by atoms with E-state index in [1.807, 2.05) is 67.2 Å². The van der Waals surface area contributed by atoms with Gasteiger partial charge in [0, 0.05) is 25.0 Å². The highest BCUT2D eigenvalue weighted by Crippen LogP contribution is 2.35. The molecule has 0 aliphatic rings. The summed E-state index contributed by atoms with van der Waals surface area (Å²) in [5.74, 6) is 2.49. The Balaban J connectivity index is 1.65. The number of ether oxygens (including phenoxy) is 3. The van der Waals surface area contributed by atoms with Gasteiger partial charge >= 0.3 is 0 Å². The first kappa shape index (κ1) is 23.3. The summed E-state index contributed by atoms with van der Waals surface area (Å²) in [6.07, 6.45) is 3.57. The van der Waals surface area contributed by atoms with Gasteiger partial charge in [0.25, 0.3) is 5.91 Å². The number of hydrogen-bond acceptors (Lipinski definition) is 7. The lowest BCUT2D eigenvalue weighted by molar-refractivity contribution is 0.0944. The lowest BCUT2D eigenvalue weighted by Gasteiger charge is -2.19. The fraction of sp³-hybridized carbons (Fsp3) is 0.240. The highest BCUT2D eigenvalue weighted by molar-refractivity contribution is 7.17. The molecule has 2 heterocycles. The molecule has 2 aromatic heterocycles. The monoisotopic (exact) mass is 478 g/mol. The smallest absolute Gasteiger partial charge is 0.264 e. The van der Waals surface area contributed by atoms with Crippen molar-refractivity contribution in [3.63, 3.8) is 0 Å². The number of aryl methyl sites for hydroxylation is 2. The quantitative estimate of drug-likeness (QED) is 0.404. The molecule has 2 aromatic carbocycles. The summed E-state index contributed by atoms with van der Waals surface area (Å²) in [6.45, 7) is 1.83. The maximum atomic E-state index is 13.4. The van der Waals surface area contributed by atoms with Crippen molar-refractivity contribution in [2.45, 2.75) is 13.0 Å². The number of rotatable bonds is 8. The number of imidazole rings is 1. The van der Waals surface area contributed by atoms with Gasteiger partial charge in [-0.05, 0) is 42.8 Å². The fourth-order valence-corrected chi connectivity index (χ4v) is 4.61. The number of methoxy groups -OCH3 is 3. The van der Waals surface area contributed by atoms with Crippen LogP contribution in [0.1, 0.15) is 32.8 Å². The normalized spacial score (nSPS) is 11.7. The summed E-state index contributed by atoms with van der Waals surface area (Å²) in [7, 11) is 6.70. The third kappa shape index (κ3) is 4.60. The zero-order valence-electron chi connectivity index (χ0n) is 19.7. The molecular formula is C25H26N4O4S. The van der Waals surface area contributed by atoms with Crippen LogP contribution in [-0.2, 0) is 7.05 Å². The molecular weight excluding hydrogens is 452 g/mol. The summed E-state index contributed by atoms with van der Waals surface area (Å²) in [4.78, 5) is 23.1. The molecule has 0 saturated carbocycles. The van der Waals surface area contributed by atoms with Gasteiger partial charge in [-0.3, -0.25) is 4.79 Å². The second-order valence-corrected chi connectivity index (χ2v) is 8.58. The van der Waals surface area contributed by atoms with Crippen LogP contribution in [0.5, 0.6) is 17.2 Å². The predicted molar refractivity (Wildman–Crippen MR) is 131 cm³/mol. The summed E-state index contributed by atoms with van der Waals surface area (Å²) in [6, 6.07) is 12.7. The Morgan fingerprint density at radius 3 is 2.38 bits per heavy atom. The van der Waals surface area contributed by atoms with E-state index in [1.54, 1.807) is 27.5 Å². The van der Waals surface area contributed by atoms with Gasteiger partial charge in [-0.25, -0.2) is 9.97 Å². The first-order valence-electron chi connectivity index (χ1n) is 10.6. The van der Waals surface area contributed by atoms with Crippen LogP contribution in [0.25, 0.3) is 10.6 Å². The average Bonchev–Trinajstić information content (AvgIpc) is 3.47. The van der Waals surface area contributed by atoms with E-state index in [2.05, 4.69) is 15.3 Å². The van der Waals surface area contributed by atoms with Crippen molar-refractivity contribution < 1.29 is 19.0 Å². The molecule has 9 heteroatoms. The minimum absolute atomic E-state index is 0.217. The average molecular weight is 479 g/mol. The van der Waals surface area contributed by atoms with E-state index in [4.69, 9.17) is 14.2 Å². The molecule has 0 fully saturated rings. The highest BCUT2D eigenvalue weighted by Gasteiger charge is 2.24. The molecule has 0 aliphatic carbocycles. The molecule has 8 nitrogen and oxygen atoms in total. The molecule has 0 aliphatic heterocycles. The summed E-state index contributed by atoms with van der Waals surface area (Å²) < 4.78 is 17.9. The molecule has 4 aromatic rings. The van der Waals surface area contributed by atoms with Gasteiger partial charge in [-0.15, -0.1) is 11.3 Å². The topological polar surface area (TPSA) is 87.5 Å². The Hall–Kier alpha value is -3.85. The van der Waals surface area contributed by atoms with Crippen molar-refractivity contribution in [3.8, 4) is 27.8 Å². The van der Waals surface area contributed by atoms with Crippen molar-refractivity contribution in [1.82, 2.24) is 19.9 Å². The number of carbonyl (C=O) groups is 1. The van der Waals surface area contributed by atoms with Gasteiger partial charge in [0.2, 0.25) is 0 Å². The third-order valence-corrected chi connectivity index (χ3v) is 6.68. The Bertz CT molecular complexity index is 1300. The number of carbonyl (C=O) groups excluding carboxylic acids is 1. The molecule has 34 heavy (non-hydrogen) atoms. The molecule has 1 N–H and O–H groups in total. The van der Waals surface area contributed by atoms with Gasteiger partial charge in [0.15, 0.2) is 11.5 Å². The van der Waals surface area contributed by atoms with Crippen molar-refractivity contribution in [2.75, 3.05) is 21.3 Å². The maximum absolute atomic E-state index is 13.4. The van der Waals surface area contributed by atoms with Crippen molar-refractivity contribution in [3.05, 3.63) is 76.8 Å². The van der Waals surface area contributed by atoms with E-state index in [-0.39, 0.29) is 5.91 Å². The molecule has 4 rings (SSSR count). The number of nitrogens with zero attached hydrogens (tertiary/aromatic N) is 3. The molecule has 0 radical (unpaired) electrons. The Morgan fingerprint density at radius 1 is 1.03 bits per heavy atom. The lowest BCUT2D eigenvalue weighted by Crippen LogP contribution is -2.31. The van der Waals surface area contributed by atoms with Crippen molar-refractivity contribution in [1.29, 1.82) is 0 Å². The Kier molecular flexibility index (Phi) is 6.83. The number of benzene rings is 2. The minimum atomic E-state index is -0.440. The number of amides is 1. The fourth-order valence-electron chi connectivity index (χ4n) is 3.65. The van der Waals surface area contributed by atoms with E-state index in [0.717, 1.165) is 27.7 Å². The van der Waals surface area contributed by atoms with E-state index in [0.29, 0.717) is 22.1 Å². The van der Waals surface area contributed by atoms with Crippen LogP contribution in [0.3, 0.4) is 0 Å². The second kappa shape index (κ2) is 9.96. The summed E-state index contributed by atoms with van der Waals surface area (Å²) >= 11 is 1.33. The molecule has 1 unspecified atom stereocenters. The molecule has 176 valence electrons. The first-order chi connectivity index (χ1) is 16.4. The first-order valence-corrected chi connectivity index (χ1v) is 11.4. The van der Waals surface area contributed by atoms with Crippen LogP contribution in [0.15, 0.2) is 54.9 Å². The van der Waals surface area contributed by atoms with Crippen LogP contribution in [0.4, 0.5) is 0 Å². The maximum Gasteiger partial charge on any atom is 0.264 e. The predicted octanol–water partition coefficient (Wildman–Crippen LogP) is 4.40. The van der Waals surface area contributed by atoms with Gasteiger partial charge in [0.05, 0.1) is 27.0 Å². The SMILES string of the molecule is COc1ccc(C(NC(=O)c2sc(-c3ccc(OC)c(OC)c3)nc2C)c2nccn2C)cc1. The van der Waals surface area contributed by atoms with Crippen LogP contribution < -0.4 is 19.5 Å².